The van der Waals surface area contributed by atoms with Gasteiger partial charge in [-0.3, -0.25) is 14.7 Å². The van der Waals surface area contributed by atoms with Crippen LogP contribution in [-0.4, -0.2) is 61.8 Å². The van der Waals surface area contributed by atoms with E-state index in [9.17, 15) is 9.59 Å². The molecule has 0 saturated carbocycles. The normalized spacial score (nSPS) is 19.0. The average molecular weight is 644 g/mol. The largest absolute Gasteiger partial charge is 0.460 e. The molecule has 2 aliphatic rings. The molecule has 1 unspecified atom stereocenters. The first-order valence-corrected chi connectivity index (χ1v) is 15.4. The van der Waals surface area contributed by atoms with Crippen LogP contribution in [0.2, 0.25) is 0 Å². The lowest BCUT2D eigenvalue weighted by atomic mass is 9.88. The summed E-state index contributed by atoms with van der Waals surface area (Å²) in [5, 5.41) is 2.50. The average Bonchev–Trinajstić information content (AvgIpc) is 3.75. The quantitative estimate of drug-likeness (QED) is 0.239. The maximum Gasteiger partial charge on any atom is 0.460 e. The summed E-state index contributed by atoms with van der Waals surface area (Å²) in [4.78, 5) is 38.6. The number of halogens is 1. The number of amides is 1. The number of piperidine rings is 1. The number of benzene rings is 2. The van der Waals surface area contributed by atoms with Crippen molar-refractivity contribution in [3.63, 3.8) is 0 Å². The van der Waals surface area contributed by atoms with E-state index in [2.05, 4.69) is 24.6 Å². The van der Waals surface area contributed by atoms with Crippen molar-refractivity contribution in [3.05, 3.63) is 87.5 Å². The number of imidazole rings is 1. The van der Waals surface area contributed by atoms with Gasteiger partial charge in [-0.05, 0) is 69.1 Å². The number of fused-ring (bicyclic) bond motifs is 2. The van der Waals surface area contributed by atoms with Gasteiger partial charge in [0, 0.05) is 25.2 Å². The third-order valence-electron chi connectivity index (χ3n) is 8.98. The summed E-state index contributed by atoms with van der Waals surface area (Å²) >= 11 is 0. The Bertz CT molecular complexity index is 2030. The standard InChI is InChI=1S/C33H34FN7O6/c1-18(44-3)16-41-26-15-36-25(31-38-32(43)47-39-31)14-24(26)37-28(41)17-40-11-9-19(10-12-40)21-5-4-6-27-29(21)46-33(2,45-27)22-8-7-20(30(35)42)13-23(22)34/h4-8,13-15,18-19H,9-12,16-17H2,1-3H3,(H2,35,42)(H,38,39,43)/t18?,33-/m0/s1. The number of aromatic amines is 1. The number of primary amides is 1. The molecule has 5 aromatic rings. The molecule has 14 heteroatoms. The highest BCUT2D eigenvalue weighted by atomic mass is 19.1. The van der Waals surface area contributed by atoms with E-state index >= 15 is 4.39 Å². The van der Waals surface area contributed by atoms with Crippen molar-refractivity contribution in [3.8, 4) is 23.0 Å². The Hall–Kier alpha value is -5.08. The van der Waals surface area contributed by atoms with Crippen LogP contribution in [0.3, 0.4) is 0 Å². The van der Waals surface area contributed by atoms with E-state index < -0.39 is 23.3 Å². The topological polar surface area (TPSA) is 164 Å². The fourth-order valence-corrected chi connectivity index (χ4v) is 6.42. The van der Waals surface area contributed by atoms with E-state index in [1.165, 1.54) is 12.1 Å². The Morgan fingerprint density at radius 1 is 1.19 bits per heavy atom. The van der Waals surface area contributed by atoms with Gasteiger partial charge in [0.2, 0.25) is 5.91 Å². The number of nitrogens with one attached hydrogen (secondary N) is 1. The molecule has 0 bridgehead atoms. The number of hydrogen-bond donors (Lipinski definition) is 2. The van der Waals surface area contributed by atoms with Crippen LogP contribution in [0.15, 0.2) is 58.0 Å². The smallest absolute Gasteiger partial charge is 0.444 e. The van der Waals surface area contributed by atoms with Crippen LogP contribution in [0.1, 0.15) is 59.9 Å². The molecule has 2 aliphatic heterocycles. The number of hydrogen-bond acceptors (Lipinski definition) is 10. The van der Waals surface area contributed by atoms with Gasteiger partial charge in [-0.2, -0.15) is 10.1 Å². The molecule has 1 amide bonds. The first-order valence-electron chi connectivity index (χ1n) is 15.4. The molecule has 7 rings (SSSR count). The number of carbonyl (C=O) groups is 1. The van der Waals surface area contributed by atoms with E-state index in [-0.39, 0.29) is 29.0 Å². The fourth-order valence-electron chi connectivity index (χ4n) is 6.42. The van der Waals surface area contributed by atoms with Crippen LogP contribution in [0.5, 0.6) is 11.5 Å². The number of para-hydroxylation sites is 1. The third-order valence-corrected chi connectivity index (χ3v) is 8.98. The van der Waals surface area contributed by atoms with Gasteiger partial charge in [0.1, 0.15) is 17.3 Å². The zero-order valence-electron chi connectivity index (χ0n) is 26.2. The van der Waals surface area contributed by atoms with Crippen LogP contribution in [0.4, 0.5) is 4.39 Å². The summed E-state index contributed by atoms with van der Waals surface area (Å²) in [6.07, 6.45) is 3.43. The first kappa shape index (κ1) is 30.6. The molecule has 0 aliphatic carbocycles. The number of carbonyl (C=O) groups excluding carboxylic acids is 1. The molecule has 2 aromatic carbocycles. The molecule has 0 spiro atoms. The number of ether oxygens (including phenoxy) is 3. The summed E-state index contributed by atoms with van der Waals surface area (Å²) in [6.45, 7) is 6.53. The van der Waals surface area contributed by atoms with Crippen molar-refractivity contribution in [1.82, 2.24) is 29.6 Å². The number of likely N-dealkylation sites (tertiary alicyclic amines) is 1. The molecule has 0 radical (unpaired) electrons. The molecule has 2 atom stereocenters. The molecule has 1 saturated heterocycles. The highest BCUT2D eigenvalue weighted by molar-refractivity contribution is 5.92. The zero-order valence-corrected chi connectivity index (χ0v) is 26.2. The monoisotopic (exact) mass is 643 g/mol. The van der Waals surface area contributed by atoms with Gasteiger partial charge < -0.3 is 29.0 Å². The Balaban J connectivity index is 1.08. The first-order chi connectivity index (χ1) is 22.6. The molecule has 13 nitrogen and oxygen atoms in total. The number of rotatable bonds is 9. The van der Waals surface area contributed by atoms with Crippen molar-refractivity contribution in [2.24, 2.45) is 5.73 Å². The number of nitrogens with two attached hydrogens (primary N) is 1. The minimum absolute atomic E-state index is 0.0499. The van der Waals surface area contributed by atoms with Gasteiger partial charge in [-0.25, -0.2) is 14.2 Å². The van der Waals surface area contributed by atoms with Crippen molar-refractivity contribution in [1.29, 1.82) is 0 Å². The predicted octanol–water partition coefficient (Wildman–Crippen LogP) is 4.07. The number of nitrogens with zero attached hydrogens (tertiary/aromatic N) is 5. The van der Waals surface area contributed by atoms with Crippen molar-refractivity contribution in [2.75, 3.05) is 20.2 Å². The molecule has 1 fully saturated rings. The summed E-state index contributed by atoms with van der Waals surface area (Å²) in [5.74, 6) is -0.954. The minimum Gasteiger partial charge on any atom is -0.444 e. The molecule has 244 valence electrons. The molecule has 5 heterocycles. The van der Waals surface area contributed by atoms with E-state index in [1.807, 2.05) is 25.1 Å². The summed E-state index contributed by atoms with van der Waals surface area (Å²) in [6, 6.07) is 11.6. The molecular formula is C33H34FN7O6. The van der Waals surface area contributed by atoms with Gasteiger partial charge in [0.05, 0.1) is 42.0 Å². The second kappa shape index (κ2) is 11.9. The third kappa shape index (κ3) is 5.74. The van der Waals surface area contributed by atoms with Gasteiger partial charge in [-0.1, -0.05) is 12.1 Å². The number of H-pyrrole nitrogens is 1. The van der Waals surface area contributed by atoms with Crippen LogP contribution >= 0.6 is 0 Å². The van der Waals surface area contributed by atoms with Crippen molar-refractivity contribution >= 4 is 16.9 Å². The second-order valence-electron chi connectivity index (χ2n) is 12.1. The summed E-state index contributed by atoms with van der Waals surface area (Å²) in [7, 11) is 1.68. The summed E-state index contributed by atoms with van der Waals surface area (Å²) < 4.78 is 40.0. The van der Waals surface area contributed by atoms with Crippen LogP contribution in [0.25, 0.3) is 22.6 Å². The SMILES string of the molecule is COC(C)Cn1c(CN2CCC(c3cccc4c3O[C@@](C)(c3ccc(C(N)=O)cc3F)O4)CC2)nc2cc(-c3nc(=O)o[nH]3)ncc21. The molecule has 3 N–H and O–H groups in total. The van der Waals surface area contributed by atoms with Crippen molar-refractivity contribution < 1.29 is 27.9 Å². The summed E-state index contributed by atoms with van der Waals surface area (Å²) in [5.41, 5.74) is 8.64. The molecular weight excluding hydrogens is 609 g/mol. The Kier molecular flexibility index (Phi) is 7.76. The van der Waals surface area contributed by atoms with Crippen molar-refractivity contribution in [2.45, 2.75) is 57.6 Å². The van der Waals surface area contributed by atoms with E-state index in [4.69, 9.17) is 29.5 Å². The Morgan fingerprint density at radius 2 is 2.00 bits per heavy atom. The maximum absolute atomic E-state index is 15.1. The zero-order chi connectivity index (χ0) is 32.9. The fraction of sp³-hybridized carbons (Fsp3) is 0.364. The lowest BCUT2D eigenvalue weighted by molar-refractivity contribution is -0.0712. The predicted molar refractivity (Wildman–Crippen MR) is 167 cm³/mol. The van der Waals surface area contributed by atoms with Gasteiger partial charge >= 0.3 is 5.76 Å². The number of methoxy groups -OCH3 is 1. The van der Waals surface area contributed by atoms with Gasteiger partial charge in [0.25, 0.3) is 5.79 Å². The number of pyridine rings is 1. The highest BCUT2D eigenvalue weighted by Crippen LogP contribution is 2.49. The van der Waals surface area contributed by atoms with E-state index in [1.54, 1.807) is 26.3 Å². The Morgan fingerprint density at radius 3 is 2.70 bits per heavy atom. The molecule has 47 heavy (non-hydrogen) atoms. The maximum atomic E-state index is 15.1. The van der Waals surface area contributed by atoms with Gasteiger partial charge in [-0.15, -0.1) is 0 Å². The van der Waals surface area contributed by atoms with E-state index in [0.717, 1.165) is 54.4 Å². The Labute approximate surface area is 268 Å². The van der Waals surface area contributed by atoms with Crippen LogP contribution in [0, 0.1) is 5.82 Å². The minimum atomic E-state index is -1.39. The number of aromatic nitrogens is 5. The molecule has 3 aromatic heterocycles. The van der Waals surface area contributed by atoms with Gasteiger partial charge in [0.15, 0.2) is 17.3 Å². The highest BCUT2D eigenvalue weighted by Gasteiger charge is 2.43. The second-order valence-corrected chi connectivity index (χ2v) is 12.1. The van der Waals surface area contributed by atoms with Crippen LogP contribution in [-0.2, 0) is 23.6 Å². The van der Waals surface area contributed by atoms with Crippen LogP contribution < -0.4 is 21.0 Å². The lowest BCUT2D eigenvalue weighted by Crippen LogP contribution is -2.34. The lowest BCUT2D eigenvalue weighted by Gasteiger charge is -2.32. The van der Waals surface area contributed by atoms with E-state index in [0.29, 0.717) is 30.3 Å².